The summed E-state index contributed by atoms with van der Waals surface area (Å²) < 4.78 is 10.2. The zero-order chi connectivity index (χ0) is 12.0. The standard InChI is InChI=1S/C13H21NO2/c1-10-6-5-7-11(2)12(10)8-14-9-13(15-3)16-4/h5-7,13-14H,8-9H2,1-4H3. The van der Waals surface area contributed by atoms with E-state index in [1.165, 1.54) is 16.7 Å². The van der Waals surface area contributed by atoms with Gasteiger partial charge in [0.2, 0.25) is 0 Å². The highest BCUT2D eigenvalue weighted by Crippen LogP contribution is 2.12. The maximum Gasteiger partial charge on any atom is 0.169 e. The van der Waals surface area contributed by atoms with E-state index >= 15 is 0 Å². The van der Waals surface area contributed by atoms with Crippen LogP contribution in [0.1, 0.15) is 16.7 Å². The highest BCUT2D eigenvalue weighted by atomic mass is 16.7. The number of ether oxygens (including phenoxy) is 2. The lowest BCUT2D eigenvalue weighted by Crippen LogP contribution is -2.29. The van der Waals surface area contributed by atoms with E-state index in [1.54, 1.807) is 14.2 Å². The molecule has 0 aliphatic heterocycles. The molecule has 0 heterocycles. The maximum atomic E-state index is 5.11. The van der Waals surface area contributed by atoms with Crippen molar-refractivity contribution in [1.29, 1.82) is 0 Å². The Bertz CT molecular complexity index is 301. The third-order valence-corrected chi connectivity index (χ3v) is 2.78. The van der Waals surface area contributed by atoms with Crippen molar-refractivity contribution in [2.45, 2.75) is 26.7 Å². The minimum absolute atomic E-state index is 0.177. The molecule has 1 N–H and O–H groups in total. The van der Waals surface area contributed by atoms with E-state index in [4.69, 9.17) is 9.47 Å². The molecule has 0 spiro atoms. The van der Waals surface area contributed by atoms with E-state index in [1.807, 2.05) is 0 Å². The average Bonchev–Trinajstić information content (AvgIpc) is 2.28. The van der Waals surface area contributed by atoms with Gasteiger partial charge in [-0.2, -0.15) is 0 Å². The van der Waals surface area contributed by atoms with Crippen LogP contribution in [0.25, 0.3) is 0 Å². The largest absolute Gasteiger partial charge is 0.355 e. The van der Waals surface area contributed by atoms with Crippen molar-refractivity contribution in [3.05, 3.63) is 34.9 Å². The smallest absolute Gasteiger partial charge is 0.169 e. The summed E-state index contributed by atoms with van der Waals surface area (Å²) in [5, 5.41) is 3.34. The molecule has 1 aromatic rings. The molecule has 0 saturated heterocycles. The number of methoxy groups -OCH3 is 2. The van der Waals surface area contributed by atoms with Crippen LogP contribution in [0.15, 0.2) is 18.2 Å². The van der Waals surface area contributed by atoms with Gasteiger partial charge in [-0.15, -0.1) is 0 Å². The first-order valence-corrected chi connectivity index (χ1v) is 5.50. The molecule has 0 aromatic heterocycles. The summed E-state index contributed by atoms with van der Waals surface area (Å²) in [6.45, 7) is 5.81. The van der Waals surface area contributed by atoms with Crippen LogP contribution in [0.2, 0.25) is 0 Å². The Morgan fingerprint density at radius 3 is 2.19 bits per heavy atom. The maximum absolute atomic E-state index is 5.11. The molecule has 16 heavy (non-hydrogen) atoms. The molecule has 3 nitrogen and oxygen atoms in total. The Hall–Kier alpha value is -0.900. The third-order valence-electron chi connectivity index (χ3n) is 2.78. The fourth-order valence-corrected chi connectivity index (χ4v) is 1.71. The van der Waals surface area contributed by atoms with Crippen molar-refractivity contribution in [3.63, 3.8) is 0 Å². The number of hydrogen-bond acceptors (Lipinski definition) is 3. The van der Waals surface area contributed by atoms with E-state index in [0.717, 1.165) is 6.54 Å². The van der Waals surface area contributed by atoms with Gasteiger partial charge in [-0.05, 0) is 30.5 Å². The summed E-state index contributed by atoms with van der Waals surface area (Å²) in [6, 6.07) is 6.35. The molecule has 0 bridgehead atoms. The SMILES string of the molecule is COC(CNCc1c(C)cccc1C)OC. The van der Waals surface area contributed by atoms with E-state index < -0.39 is 0 Å². The summed E-state index contributed by atoms with van der Waals surface area (Å²) in [5.41, 5.74) is 3.99. The summed E-state index contributed by atoms with van der Waals surface area (Å²) >= 11 is 0. The molecular weight excluding hydrogens is 202 g/mol. The van der Waals surface area contributed by atoms with E-state index in [-0.39, 0.29) is 6.29 Å². The molecule has 0 radical (unpaired) electrons. The summed E-state index contributed by atoms with van der Waals surface area (Å²) in [5.74, 6) is 0. The fraction of sp³-hybridized carbons (Fsp3) is 0.538. The van der Waals surface area contributed by atoms with Crippen LogP contribution in [0.3, 0.4) is 0 Å². The number of hydrogen-bond donors (Lipinski definition) is 1. The molecule has 0 amide bonds. The van der Waals surface area contributed by atoms with Gasteiger partial charge in [-0.1, -0.05) is 18.2 Å². The van der Waals surface area contributed by atoms with Gasteiger partial charge in [0.15, 0.2) is 6.29 Å². The van der Waals surface area contributed by atoms with Crippen LogP contribution in [0.4, 0.5) is 0 Å². The summed E-state index contributed by atoms with van der Waals surface area (Å²) in [4.78, 5) is 0. The molecule has 0 atom stereocenters. The van der Waals surface area contributed by atoms with Crippen LogP contribution in [0.5, 0.6) is 0 Å². The second kappa shape index (κ2) is 6.63. The Labute approximate surface area is 97.8 Å². The van der Waals surface area contributed by atoms with Crippen LogP contribution in [0, 0.1) is 13.8 Å². The molecule has 0 unspecified atom stereocenters. The first kappa shape index (κ1) is 13.2. The molecule has 90 valence electrons. The molecule has 0 fully saturated rings. The zero-order valence-electron chi connectivity index (χ0n) is 10.5. The lowest BCUT2D eigenvalue weighted by atomic mass is 10.0. The predicted molar refractivity (Wildman–Crippen MR) is 65.4 cm³/mol. The first-order valence-electron chi connectivity index (χ1n) is 5.50. The van der Waals surface area contributed by atoms with Crippen molar-refractivity contribution in [2.75, 3.05) is 20.8 Å². The Morgan fingerprint density at radius 2 is 1.69 bits per heavy atom. The van der Waals surface area contributed by atoms with Gasteiger partial charge in [0.1, 0.15) is 0 Å². The van der Waals surface area contributed by atoms with Gasteiger partial charge >= 0.3 is 0 Å². The van der Waals surface area contributed by atoms with Gasteiger partial charge in [0, 0.05) is 27.3 Å². The van der Waals surface area contributed by atoms with Crippen molar-refractivity contribution in [3.8, 4) is 0 Å². The van der Waals surface area contributed by atoms with E-state index in [2.05, 4.69) is 37.4 Å². The molecule has 0 aliphatic carbocycles. The molecular formula is C13H21NO2. The third kappa shape index (κ3) is 3.59. The van der Waals surface area contributed by atoms with Gasteiger partial charge < -0.3 is 14.8 Å². The highest BCUT2D eigenvalue weighted by Gasteiger charge is 2.05. The van der Waals surface area contributed by atoms with Gasteiger partial charge in [-0.25, -0.2) is 0 Å². The van der Waals surface area contributed by atoms with Crippen molar-refractivity contribution in [1.82, 2.24) is 5.32 Å². The quantitative estimate of drug-likeness (QED) is 0.748. The number of nitrogens with one attached hydrogen (secondary N) is 1. The number of benzene rings is 1. The van der Waals surface area contributed by atoms with Crippen LogP contribution >= 0.6 is 0 Å². The van der Waals surface area contributed by atoms with Gasteiger partial charge in [0.25, 0.3) is 0 Å². The molecule has 1 rings (SSSR count). The van der Waals surface area contributed by atoms with E-state index in [0.29, 0.717) is 6.54 Å². The average molecular weight is 223 g/mol. The van der Waals surface area contributed by atoms with Crippen molar-refractivity contribution < 1.29 is 9.47 Å². The Morgan fingerprint density at radius 1 is 1.12 bits per heavy atom. The van der Waals surface area contributed by atoms with Gasteiger partial charge in [0.05, 0.1) is 0 Å². The Balaban J connectivity index is 2.48. The fourth-order valence-electron chi connectivity index (χ4n) is 1.71. The monoisotopic (exact) mass is 223 g/mol. The van der Waals surface area contributed by atoms with Crippen LogP contribution in [-0.4, -0.2) is 27.1 Å². The normalized spacial score (nSPS) is 11.1. The highest BCUT2D eigenvalue weighted by molar-refractivity contribution is 5.33. The summed E-state index contributed by atoms with van der Waals surface area (Å²) in [6.07, 6.45) is -0.177. The van der Waals surface area contributed by atoms with Gasteiger partial charge in [-0.3, -0.25) is 0 Å². The topological polar surface area (TPSA) is 30.5 Å². The van der Waals surface area contributed by atoms with Crippen molar-refractivity contribution in [2.24, 2.45) is 0 Å². The molecule has 0 aliphatic rings. The van der Waals surface area contributed by atoms with Crippen LogP contribution in [-0.2, 0) is 16.0 Å². The molecule has 0 saturated carbocycles. The lowest BCUT2D eigenvalue weighted by molar-refractivity contribution is -0.0989. The Kier molecular flexibility index (Phi) is 5.46. The summed E-state index contributed by atoms with van der Waals surface area (Å²) in [7, 11) is 3.30. The second-order valence-corrected chi connectivity index (χ2v) is 3.90. The zero-order valence-corrected chi connectivity index (χ0v) is 10.5. The van der Waals surface area contributed by atoms with Crippen molar-refractivity contribution >= 4 is 0 Å². The predicted octanol–water partition coefficient (Wildman–Crippen LogP) is 2.01. The minimum Gasteiger partial charge on any atom is -0.355 e. The van der Waals surface area contributed by atoms with E-state index in [9.17, 15) is 0 Å². The van der Waals surface area contributed by atoms with Crippen LogP contribution < -0.4 is 5.32 Å². The number of rotatable bonds is 6. The first-order chi connectivity index (χ1) is 7.69. The minimum atomic E-state index is -0.177. The molecule has 3 heteroatoms. The lowest BCUT2D eigenvalue weighted by Gasteiger charge is -2.15. The second-order valence-electron chi connectivity index (χ2n) is 3.90. The number of aryl methyl sites for hydroxylation is 2. The molecule has 1 aromatic carbocycles.